The second kappa shape index (κ2) is 6.09. The van der Waals surface area contributed by atoms with E-state index >= 15 is 0 Å². The Morgan fingerprint density at radius 3 is 2.56 bits per heavy atom. The number of ether oxygens (including phenoxy) is 1. The molecule has 0 radical (unpaired) electrons. The summed E-state index contributed by atoms with van der Waals surface area (Å²) in [5.41, 5.74) is 1.48. The van der Waals surface area contributed by atoms with Crippen molar-refractivity contribution in [1.82, 2.24) is 0 Å². The molecule has 18 heavy (non-hydrogen) atoms. The maximum Gasteiger partial charge on any atom is 0.181 e. The second-order valence-electron chi connectivity index (χ2n) is 3.82. The Morgan fingerprint density at radius 1 is 1.17 bits per heavy atom. The molecule has 94 valence electrons. The van der Waals surface area contributed by atoms with Crippen LogP contribution >= 0.6 is 15.9 Å². The van der Waals surface area contributed by atoms with Crippen molar-refractivity contribution in [1.29, 1.82) is 0 Å². The number of hydrogen-bond acceptors (Lipinski definition) is 2. The summed E-state index contributed by atoms with van der Waals surface area (Å²) in [6.45, 7) is 0.303. The van der Waals surface area contributed by atoms with Crippen LogP contribution in [0.25, 0.3) is 0 Å². The number of aliphatic hydroxyl groups excluding tert-OH is 1. The van der Waals surface area contributed by atoms with E-state index in [1.807, 2.05) is 30.3 Å². The first kappa shape index (κ1) is 13.2. The van der Waals surface area contributed by atoms with E-state index in [-0.39, 0.29) is 5.82 Å². The third kappa shape index (κ3) is 3.38. The smallest absolute Gasteiger partial charge is 0.181 e. The zero-order chi connectivity index (χ0) is 13.0. The lowest BCUT2D eigenvalue weighted by atomic mass is 10.2. The first-order chi connectivity index (χ1) is 8.66. The molecule has 0 aromatic heterocycles. The minimum Gasteiger partial charge on any atom is -0.364 e. The highest BCUT2D eigenvalue weighted by Gasteiger charge is 2.10. The summed E-state index contributed by atoms with van der Waals surface area (Å²) in [6.07, 6.45) is -1.07. The Labute approximate surface area is 113 Å². The lowest BCUT2D eigenvalue weighted by molar-refractivity contribution is -0.112. The highest BCUT2D eigenvalue weighted by atomic mass is 79.9. The Balaban J connectivity index is 1.99. The van der Waals surface area contributed by atoms with Crippen LogP contribution in [-0.4, -0.2) is 5.11 Å². The standard InChI is InChI=1S/C14H12BrFO2/c15-12-8-11(6-7-13(12)16)14(17)18-9-10-4-2-1-3-5-10/h1-8,14,17H,9H2. The number of aliphatic hydroxyl groups is 1. The quantitative estimate of drug-likeness (QED) is 0.870. The van der Waals surface area contributed by atoms with Gasteiger partial charge in [-0.15, -0.1) is 0 Å². The molecule has 2 aromatic carbocycles. The summed E-state index contributed by atoms with van der Waals surface area (Å²) in [5.74, 6) is -0.367. The van der Waals surface area contributed by atoms with Gasteiger partial charge in [-0.1, -0.05) is 36.4 Å². The molecule has 0 aliphatic heterocycles. The summed E-state index contributed by atoms with van der Waals surface area (Å²) in [7, 11) is 0. The van der Waals surface area contributed by atoms with Gasteiger partial charge in [0.1, 0.15) is 5.82 Å². The maximum atomic E-state index is 13.0. The van der Waals surface area contributed by atoms with Crippen LogP contribution in [0.5, 0.6) is 0 Å². The van der Waals surface area contributed by atoms with Crippen molar-refractivity contribution in [2.75, 3.05) is 0 Å². The minimum absolute atomic E-state index is 0.303. The molecular formula is C14H12BrFO2. The Bertz CT molecular complexity index is 516. The van der Waals surface area contributed by atoms with Gasteiger partial charge in [0.15, 0.2) is 6.29 Å². The third-order valence-corrected chi connectivity index (χ3v) is 3.09. The highest BCUT2D eigenvalue weighted by Crippen LogP contribution is 2.22. The van der Waals surface area contributed by atoms with Crippen molar-refractivity contribution in [2.45, 2.75) is 12.9 Å². The number of rotatable bonds is 4. The average Bonchev–Trinajstić information content (AvgIpc) is 2.40. The van der Waals surface area contributed by atoms with Gasteiger partial charge in [0.2, 0.25) is 0 Å². The van der Waals surface area contributed by atoms with Gasteiger partial charge < -0.3 is 9.84 Å². The van der Waals surface area contributed by atoms with Crippen LogP contribution < -0.4 is 0 Å². The monoisotopic (exact) mass is 310 g/mol. The predicted octanol–water partition coefficient (Wildman–Crippen LogP) is 3.80. The molecule has 4 heteroatoms. The number of benzene rings is 2. The Morgan fingerprint density at radius 2 is 1.89 bits per heavy atom. The lowest BCUT2D eigenvalue weighted by Crippen LogP contribution is -2.03. The average molecular weight is 311 g/mol. The molecule has 0 heterocycles. The normalized spacial score (nSPS) is 12.4. The van der Waals surface area contributed by atoms with Crippen molar-refractivity contribution in [2.24, 2.45) is 0 Å². The van der Waals surface area contributed by atoms with Crippen LogP contribution in [-0.2, 0) is 11.3 Å². The van der Waals surface area contributed by atoms with Gasteiger partial charge in [0, 0.05) is 5.56 Å². The first-order valence-corrected chi connectivity index (χ1v) is 6.24. The van der Waals surface area contributed by atoms with Crippen LogP contribution in [0, 0.1) is 5.82 Å². The molecule has 0 spiro atoms. The van der Waals surface area contributed by atoms with Gasteiger partial charge in [-0.05, 0) is 33.6 Å². The molecule has 0 bridgehead atoms. The van der Waals surface area contributed by atoms with Crippen molar-refractivity contribution >= 4 is 15.9 Å². The van der Waals surface area contributed by atoms with Crippen LogP contribution in [0.15, 0.2) is 53.0 Å². The molecule has 1 atom stereocenters. The fourth-order valence-electron chi connectivity index (χ4n) is 1.51. The van der Waals surface area contributed by atoms with Crippen LogP contribution in [0.4, 0.5) is 4.39 Å². The lowest BCUT2D eigenvalue weighted by Gasteiger charge is -2.12. The van der Waals surface area contributed by atoms with E-state index < -0.39 is 6.29 Å². The number of halogens is 2. The van der Waals surface area contributed by atoms with Crippen LogP contribution in [0.1, 0.15) is 17.4 Å². The van der Waals surface area contributed by atoms with Gasteiger partial charge in [-0.2, -0.15) is 0 Å². The molecule has 1 N–H and O–H groups in total. The zero-order valence-electron chi connectivity index (χ0n) is 9.51. The van der Waals surface area contributed by atoms with E-state index in [0.29, 0.717) is 16.6 Å². The van der Waals surface area contributed by atoms with E-state index in [1.165, 1.54) is 18.2 Å². The maximum absolute atomic E-state index is 13.0. The Hall–Kier alpha value is -1.23. The zero-order valence-corrected chi connectivity index (χ0v) is 11.1. The molecule has 2 aromatic rings. The van der Waals surface area contributed by atoms with Gasteiger partial charge >= 0.3 is 0 Å². The van der Waals surface area contributed by atoms with Gasteiger partial charge in [-0.25, -0.2) is 4.39 Å². The van der Waals surface area contributed by atoms with E-state index in [4.69, 9.17) is 4.74 Å². The van der Waals surface area contributed by atoms with Crippen molar-refractivity contribution in [3.8, 4) is 0 Å². The van der Waals surface area contributed by atoms with Gasteiger partial charge in [-0.3, -0.25) is 0 Å². The molecule has 0 saturated carbocycles. The van der Waals surface area contributed by atoms with Gasteiger partial charge in [0.05, 0.1) is 11.1 Å². The summed E-state index contributed by atoms with van der Waals surface area (Å²) in [4.78, 5) is 0. The summed E-state index contributed by atoms with van der Waals surface area (Å²) < 4.78 is 18.7. The largest absolute Gasteiger partial charge is 0.364 e. The van der Waals surface area contributed by atoms with Crippen LogP contribution in [0.2, 0.25) is 0 Å². The van der Waals surface area contributed by atoms with E-state index in [2.05, 4.69) is 15.9 Å². The SMILES string of the molecule is OC(OCc1ccccc1)c1ccc(F)c(Br)c1. The van der Waals surface area contributed by atoms with E-state index in [9.17, 15) is 9.50 Å². The predicted molar refractivity (Wildman–Crippen MR) is 70.3 cm³/mol. The van der Waals surface area contributed by atoms with Crippen molar-refractivity contribution in [3.63, 3.8) is 0 Å². The molecule has 0 aliphatic rings. The van der Waals surface area contributed by atoms with Gasteiger partial charge in [0.25, 0.3) is 0 Å². The summed E-state index contributed by atoms with van der Waals surface area (Å²) in [5, 5.41) is 9.83. The topological polar surface area (TPSA) is 29.5 Å². The van der Waals surface area contributed by atoms with E-state index in [1.54, 1.807) is 0 Å². The molecule has 2 nitrogen and oxygen atoms in total. The molecular weight excluding hydrogens is 299 g/mol. The molecule has 0 fully saturated rings. The van der Waals surface area contributed by atoms with Crippen molar-refractivity contribution < 1.29 is 14.2 Å². The van der Waals surface area contributed by atoms with Crippen LogP contribution in [0.3, 0.4) is 0 Å². The first-order valence-electron chi connectivity index (χ1n) is 5.45. The second-order valence-corrected chi connectivity index (χ2v) is 4.68. The molecule has 2 rings (SSSR count). The number of hydrogen-bond donors (Lipinski definition) is 1. The summed E-state index contributed by atoms with van der Waals surface area (Å²) in [6, 6.07) is 13.8. The summed E-state index contributed by atoms with van der Waals surface area (Å²) >= 11 is 3.07. The molecule has 0 saturated heterocycles. The fourth-order valence-corrected chi connectivity index (χ4v) is 1.91. The molecule has 0 aliphatic carbocycles. The highest BCUT2D eigenvalue weighted by molar-refractivity contribution is 9.10. The minimum atomic E-state index is -1.07. The fraction of sp³-hybridized carbons (Fsp3) is 0.143. The molecule has 1 unspecified atom stereocenters. The Kier molecular flexibility index (Phi) is 4.47. The molecule has 0 amide bonds. The van der Waals surface area contributed by atoms with E-state index in [0.717, 1.165) is 5.56 Å². The van der Waals surface area contributed by atoms with Crippen molar-refractivity contribution in [3.05, 3.63) is 69.9 Å². The third-order valence-electron chi connectivity index (χ3n) is 2.48.